The van der Waals surface area contributed by atoms with Crippen LogP contribution in [0.25, 0.3) is 0 Å². The first-order valence-electron chi connectivity index (χ1n) is 4.89. The molecule has 0 aliphatic carbocycles. The number of allylic oxidation sites excluding steroid dienone is 2. The molecule has 1 unspecified atom stereocenters. The van der Waals surface area contributed by atoms with Crippen LogP contribution in [0.3, 0.4) is 0 Å². The molecule has 86 valence electrons. The highest BCUT2D eigenvalue weighted by atomic mass is 32.2. The highest BCUT2D eigenvalue weighted by molar-refractivity contribution is 8.26. The number of hydrogen-bond acceptors (Lipinski definition) is 5. The molecule has 2 heterocycles. The highest BCUT2D eigenvalue weighted by Gasteiger charge is 2.23. The predicted octanol–water partition coefficient (Wildman–Crippen LogP) is 1.93. The molecule has 2 fully saturated rings. The van der Waals surface area contributed by atoms with E-state index < -0.39 is 0 Å². The van der Waals surface area contributed by atoms with E-state index in [1.165, 1.54) is 16.8 Å². The lowest BCUT2D eigenvalue weighted by Gasteiger charge is -2.09. The molecule has 0 bridgehead atoms. The Bertz CT molecular complexity index is 403. The molecule has 0 spiro atoms. The van der Waals surface area contributed by atoms with E-state index in [-0.39, 0.29) is 5.91 Å². The molecule has 0 radical (unpaired) electrons. The van der Waals surface area contributed by atoms with Crippen molar-refractivity contribution in [2.75, 3.05) is 13.6 Å². The van der Waals surface area contributed by atoms with E-state index in [2.05, 4.69) is 24.2 Å². The van der Waals surface area contributed by atoms with Gasteiger partial charge in [-0.15, -0.1) is 11.8 Å². The van der Waals surface area contributed by atoms with Crippen LogP contribution in [0.2, 0.25) is 0 Å². The molecule has 0 aromatic rings. The average Bonchev–Trinajstić information content (AvgIpc) is 2.66. The number of carbonyl (C=O) groups excluding carboxylic acids is 1. The Balaban J connectivity index is 2.11. The van der Waals surface area contributed by atoms with Crippen LogP contribution in [0.15, 0.2) is 22.1 Å². The van der Waals surface area contributed by atoms with Crippen LogP contribution in [0, 0.1) is 0 Å². The zero-order chi connectivity index (χ0) is 11.7. The quantitative estimate of drug-likeness (QED) is 0.582. The Labute approximate surface area is 109 Å². The SMILES string of the molecule is CC1CN(C)/C(=C/C=C2/SC(=S)NC2=O)S1. The van der Waals surface area contributed by atoms with Crippen LogP contribution in [-0.4, -0.2) is 34.0 Å². The summed E-state index contributed by atoms with van der Waals surface area (Å²) in [7, 11) is 2.06. The maximum absolute atomic E-state index is 11.4. The van der Waals surface area contributed by atoms with E-state index in [4.69, 9.17) is 12.2 Å². The van der Waals surface area contributed by atoms with Gasteiger partial charge in [0.25, 0.3) is 5.91 Å². The van der Waals surface area contributed by atoms with Crippen molar-refractivity contribution >= 4 is 46.0 Å². The molecule has 1 atom stereocenters. The summed E-state index contributed by atoms with van der Waals surface area (Å²) >= 11 is 8.06. The summed E-state index contributed by atoms with van der Waals surface area (Å²) in [5, 5.41) is 4.41. The molecule has 2 aliphatic heterocycles. The molecular weight excluding hydrogens is 260 g/mol. The zero-order valence-electron chi connectivity index (χ0n) is 9.02. The maximum Gasteiger partial charge on any atom is 0.263 e. The third-order valence-electron chi connectivity index (χ3n) is 2.25. The molecule has 0 saturated carbocycles. The molecule has 3 nitrogen and oxygen atoms in total. The van der Waals surface area contributed by atoms with Crippen LogP contribution < -0.4 is 5.32 Å². The number of thioether (sulfide) groups is 2. The first-order chi connectivity index (χ1) is 7.56. The van der Waals surface area contributed by atoms with E-state index in [0.29, 0.717) is 14.5 Å². The normalized spacial score (nSPS) is 30.6. The molecule has 0 aromatic heterocycles. The Morgan fingerprint density at radius 3 is 2.81 bits per heavy atom. The molecule has 0 aromatic carbocycles. The topological polar surface area (TPSA) is 32.3 Å². The van der Waals surface area contributed by atoms with Gasteiger partial charge in [-0.1, -0.05) is 30.9 Å². The van der Waals surface area contributed by atoms with Crippen molar-refractivity contribution < 1.29 is 4.79 Å². The Morgan fingerprint density at radius 2 is 2.31 bits per heavy atom. The van der Waals surface area contributed by atoms with E-state index in [1.54, 1.807) is 0 Å². The second kappa shape index (κ2) is 4.81. The van der Waals surface area contributed by atoms with Crippen molar-refractivity contribution in [2.45, 2.75) is 12.2 Å². The van der Waals surface area contributed by atoms with E-state index in [0.717, 1.165) is 6.54 Å². The lowest BCUT2D eigenvalue weighted by Crippen LogP contribution is -2.17. The molecule has 16 heavy (non-hydrogen) atoms. The van der Waals surface area contributed by atoms with Gasteiger partial charge in [-0.2, -0.15) is 0 Å². The highest BCUT2D eigenvalue weighted by Crippen LogP contribution is 2.33. The van der Waals surface area contributed by atoms with Crippen LogP contribution in [0.5, 0.6) is 0 Å². The molecular formula is C10H12N2OS3. The summed E-state index contributed by atoms with van der Waals surface area (Å²) in [5.74, 6) is -0.0921. The molecule has 2 saturated heterocycles. The second-order valence-corrected chi connectivity index (χ2v) is 6.87. The monoisotopic (exact) mass is 272 g/mol. The third kappa shape index (κ3) is 2.61. The van der Waals surface area contributed by atoms with Gasteiger partial charge in [-0.3, -0.25) is 4.79 Å². The van der Waals surface area contributed by atoms with Gasteiger partial charge in [-0.25, -0.2) is 0 Å². The fourth-order valence-electron chi connectivity index (χ4n) is 1.56. The van der Waals surface area contributed by atoms with Crippen molar-refractivity contribution in [3.8, 4) is 0 Å². The Morgan fingerprint density at radius 1 is 1.56 bits per heavy atom. The van der Waals surface area contributed by atoms with Gasteiger partial charge < -0.3 is 10.2 Å². The third-order valence-corrected chi connectivity index (χ3v) is 4.67. The Hall–Kier alpha value is -0.460. The minimum absolute atomic E-state index is 0.0921. The van der Waals surface area contributed by atoms with Crippen molar-refractivity contribution in [3.63, 3.8) is 0 Å². The first-order valence-corrected chi connectivity index (χ1v) is 6.99. The zero-order valence-corrected chi connectivity index (χ0v) is 11.5. The average molecular weight is 272 g/mol. The van der Waals surface area contributed by atoms with Gasteiger partial charge in [0.1, 0.15) is 4.32 Å². The first kappa shape index (κ1) is 12.0. The number of thiocarbonyl (C=S) groups is 1. The maximum atomic E-state index is 11.4. The van der Waals surface area contributed by atoms with Gasteiger partial charge in [-0.05, 0) is 12.2 Å². The van der Waals surface area contributed by atoms with Crippen molar-refractivity contribution in [1.82, 2.24) is 10.2 Å². The number of nitrogens with one attached hydrogen (secondary N) is 1. The number of nitrogens with zero attached hydrogens (tertiary/aromatic N) is 1. The predicted molar refractivity (Wildman–Crippen MR) is 74.2 cm³/mol. The van der Waals surface area contributed by atoms with Crippen LogP contribution in [0.4, 0.5) is 0 Å². The van der Waals surface area contributed by atoms with Crippen LogP contribution in [-0.2, 0) is 4.79 Å². The van der Waals surface area contributed by atoms with Crippen LogP contribution >= 0.6 is 35.7 Å². The lowest BCUT2D eigenvalue weighted by molar-refractivity contribution is -0.115. The van der Waals surface area contributed by atoms with Gasteiger partial charge in [0.05, 0.1) is 9.93 Å². The van der Waals surface area contributed by atoms with E-state index >= 15 is 0 Å². The van der Waals surface area contributed by atoms with Crippen LogP contribution in [0.1, 0.15) is 6.92 Å². The summed E-state index contributed by atoms with van der Waals surface area (Å²) in [6.45, 7) is 3.25. The van der Waals surface area contributed by atoms with Crippen molar-refractivity contribution in [1.29, 1.82) is 0 Å². The summed E-state index contributed by atoms with van der Waals surface area (Å²) in [5.41, 5.74) is 0. The minimum atomic E-state index is -0.0921. The fraction of sp³-hybridized carbons (Fsp3) is 0.400. The number of carbonyl (C=O) groups is 1. The second-order valence-electron chi connectivity index (χ2n) is 3.69. The number of hydrogen-bond donors (Lipinski definition) is 1. The molecule has 2 rings (SSSR count). The largest absolute Gasteiger partial charge is 0.368 e. The van der Waals surface area contributed by atoms with E-state index in [9.17, 15) is 4.79 Å². The summed E-state index contributed by atoms with van der Waals surface area (Å²) < 4.78 is 0.537. The fourth-order valence-corrected chi connectivity index (χ4v) is 3.66. The summed E-state index contributed by atoms with van der Waals surface area (Å²) in [6, 6.07) is 0. The molecule has 1 N–H and O–H groups in total. The van der Waals surface area contributed by atoms with Gasteiger partial charge >= 0.3 is 0 Å². The Kier molecular flexibility index (Phi) is 3.61. The van der Waals surface area contributed by atoms with E-state index in [1.807, 2.05) is 23.9 Å². The van der Waals surface area contributed by atoms with Gasteiger partial charge in [0.2, 0.25) is 0 Å². The minimum Gasteiger partial charge on any atom is -0.368 e. The summed E-state index contributed by atoms with van der Waals surface area (Å²) in [6.07, 6.45) is 3.83. The summed E-state index contributed by atoms with van der Waals surface area (Å²) in [4.78, 5) is 14.3. The van der Waals surface area contributed by atoms with Crippen molar-refractivity contribution in [2.24, 2.45) is 0 Å². The number of rotatable bonds is 1. The van der Waals surface area contributed by atoms with Gasteiger partial charge in [0, 0.05) is 18.8 Å². The number of amides is 1. The molecule has 1 amide bonds. The molecule has 6 heteroatoms. The molecule has 2 aliphatic rings. The standard InChI is InChI=1S/C10H12N2OS3/c1-6-5-12(2)8(15-6)4-3-7-9(13)11-10(14)16-7/h3-4,6H,5H2,1-2H3,(H,11,13,14)/b7-3+,8-4-. The van der Waals surface area contributed by atoms with Gasteiger partial charge in [0.15, 0.2) is 0 Å². The lowest BCUT2D eigenvalue weighted by atomic mass is 10.4. The van der Waals surface area contributed by atoms with Crippen molar-refractivity contribution in [3.05, 3.63) is 22.1 Å². The smallest absolute Gasteiger partial charge is 0.263 e.